The molecule has 1 N–H and O–H groups in total. The summed E-state index contributed by atoms with van der Waals surface area (Å²) in [6, 6.07) is 12.9. The van der Waals surface area contributed by atoms with E-state index in [1.54, 1.807) is 7.11 Å². The highest BCUT2D eigenvalue weighted by Crippen LogP contribution is 2.42. The molecule has 3 heteroatoms. The van der Waals surface area contributed by atoms with E-state index in [1.807, 2.05) is 6.07 Å². The average molecular weight is 363 g/mol. The monoisotopic (exact) mass is 362 g/mol. The van der Waals surface area contributed by atoms with Crippen LogP contribution in [0, 0.1) is 0 Å². The minimum atomic E-state index is -0.0199. The van der Waals surface area contributed by atoms with Crippen LogP contribution in [0.25, 0.3) is 16.7 Å². The summed E-state index contributed by atoms with van der Waals surface area (Å²) in [5, 5.41) is 3.71. The first-order valence-corrected chi connectivity index (χ1v) is 9.98. The number of ether oxygens (including phenoxy) is 1. The van der Waals surface area contributed by atoms with Crippen LogP contribution in [0.1, 0.15) is 44.7 Å². The van der Waals surface area contributed by atoms with E-state index in [0.717, 1.165) is 12.3 Å². The third-order valence-electron chi connectivity index (χ3n) is 5.72. The maximum Gasteiger partial charge on any atom is 0.126 e. The second-order valence-corrected chi connectivity index (χ2v) is 8.37. The lowest BCUT2D eigenvalue weighted by atomic mass is 9.84. The minimum Gasteiger partial charge on any atom is -0.496 e. The summed E-state index contributed by atoms with van der Waals surface area (Å²) in [5.41, 5.74) is 7.82. The molecule has 0 amide bonds. The number of para-hydroxylation sites is 1. The fraction of sp³-hybridized carbons (Fsp3) is 0.417. The second-order valence-electron chi connectivity index (χ2n) is 8.37. The van der Waals surface area contributed by atoms with E-state index in [-0.39, 0.29) is 5.54 Å². The lowest BCUT2D eigenvalue weighted by Gasteiger charge is -2.34. The van der Waals surface area contributed by atoms with Gasteiger partial charge in [0.15, 0.2) is 0 Å². The highest BCUT2D eigenvalue weighted by Gasteiger charge is 2.27. The fourth-order valence-corrected chi connectivity index (χ4v) is 4.65. The standard InChI is InChI=1S/C24H30N2O/c1-17-15-24(2,3)25-21-12-11-18(19-9-5-6-10-22(19)27-4)20(23(17)21)16-26-13-7-8-14-26/h5-6,9-12,15,25H,7-8,13-14,16H2,1-4H3. The number of benzene rings is 2. The van der Waals surface area contributed by atoms with E-state index in [4.69, 9.17) is 4.74 Å². The molecule has 1 saturated heterocycles. The molecule has 0 radical (unpaired) electrons. The Kier molecular flexibility index (Phi) is 4.73. The smallest absolute Gasteiger partial charge is 0.126 e. The van der Waals surface area contributed by atoms with Crippen molar-refractivity contribution >= 4 is 11.3 Å². The molecule has 0 bridgehead atoms. The number of nitrogens with one attached hydrogen (secondary N) is 1. The van der Waals surface area contributed by atoms with Gasteiger partial charge in [0.25, 0.3) is 0 Å². The van der Waals surface area contributed by atoms with Crippen molar-refractivity contribution < 1.29 is 4.74 Å². The number of likely N-dealkylation sites (tertiary alicyclic amines) is 1. The molecule has 0 saturated carbocycles. The van der Waals surface area contributed by atoms with Crippen molar-refractivity contribution in [2.45, 2.75) is 45.7 Å². The maximum atomic E-state index is 5.68. The third kappa shape index (κ3) is 3.49. The van der Waals surface area contributed by atoms with Crippen molar-refractivity contribution in [3.63, 3.8) is 0 Å². The Morgan fingerprint density at radius 3 is 2.52 bits per heavy atom. The number of nitrogens with zero attached hydrogens (tertiary/aromatic N) is 1. The molecule has 2 aromatic rings. The molecular weight excluding hydrogens is 332 g/mol. The summed E-state index contributed by atoms with van der Waals surface area (Å²) >= 11 is 0. The maximum absolute atomic E-state index is 5.68. The van der Waals surface area contributed by atoms with Crippen molar-refractivity contribution in [2.24, 2.45) is 0 Å². The SMILES string of the molecule is COc1ccccc1-c1ccc2c(c1CN1CCCC1)C(C)=CC(C)(C)N2. The summed E-state index contributed by atoms with van der Waals surface area (Å²) in [4.78, 5) is 2.58. The number of hydrogen-bond acceptors (Lipinski definition) is 3. The van der Waals surface area contributed by atoms with Crippen LogP contribution in [0.5, 0.6) is 5.75 Å². The Balaban J connectivity index is 1.90. The minimum absolute atomic E-state index is 0.0199. The van der Waals surface area contributed by atoms with Crippen LogP contribution in [-0.4, -0.2) is 30.6 Å². The normalized spacial score (nSPS) is 18.6. The topological polar surface area (TPSA) is 24.5 Å². The summed E-state index contributed by atoms with van der Waals surface area (Å²) < 4.78 is 5.68. The summed E-state index contributed by atoms with van der Waals surface area (Å²) in [7, 11) is 1.76. The van der Waals surface area contributed by atoms with Crippen LogP contribution in [-0.2, 0) is 6.54 Å². The summed E-state index contributed by atoms with van der Waals surface area (Å²) in [6.07, 6.45) is 4.97. The van der Waals surface area contributed by atoms with Crippen molar-refractivity contribution in [1.82, 2.24) is 4.90 Å². The molecule has 0 spiro atoms. The lowest BCUT2D eigenvalue weighted by molar-refractivity contribution is 0.331. The molecule has 27 heavy (non-hydrogen) atoms. The third-order valence-corrected chi connectivity index (χ3v) is 5.72. The lowest BCUT2D eigenvalue weighted by Crippen LogP contribution is -2.32. The van der Waals surface area contributed by atoms with Gasteiger partial charge in [-0.15, -0.1) is 0 Å². The predicted molar refractivity (Wildman–Crippen MR) is 114 cm³/mol. The van der Waals surface area contributed by atoms with Gasteiger partial charge < -0.3 is 10.1 Å². The van der Waals surface area contributed by atoms with Crippen LogP contribution in [0.2, 0.25) is 0 Å². The van der Waals surface area contributed by atoms with Gasteiger partial charge >= 0.3 is 0 Å². The number of fused-ring (bicyclic) bond motifs is 1. The molecule has 0 aliphatic carbocycles. The van der Waals surface area contributed by atoms with Gasteiger partial charge in [0.1, 0.15) is 5.75 Å². The molecule has 1 fully saturated rings. The molecule has 2 heterocycles. The highest BCUT2D eigenvalue weighted by molar-refractivity contribution is 5.88. The molecule has 0 aromatic heterocycles. The van der Waals surface area contributed by atoms with E-state index in [1.165, 1.54) is 59.4 Å². The van der Waals surface area contributed by atoms with Crippen molar-refractivity contribution in [2.75, 3.05) is 25.5 Å². The molecule has 3 nitrogen and oxygen atoms in total. The molecule has 2 aliphatic heterocycles. The van der Waals surface area contributed by atoms with Gasteiger partial charge in [0, 0.05) is 23.4 Å². The van der Waals surface area contributed by atoms with E-state index >= 15 is 0 Å². The number of rotatable bonds is 4. The van der Waals surface area contributed by atoms with Gasteiger partial charge in [0.05, 0.1) is 12.6 Å². The Morgan fingerprint density at radius 1 is 1.04 bits per heavy atom. The summed E-state index contributed by atoms with van der Waals surface area (Å²) in [6.45, 7) is 10.1. The number of anilines is 1. The van der Waals surface area contributed by atoms with Gasteiger partial charge in [0.2, 0.25) is 0 Å². The number of hydrogen-bond donors (Lipinski definition) is 1. The molecule has 2 aliphatic rings. The van der Waals surface area contributed by atoms with Gasteiger partial charge in [-0.2, -0.15) is 0 Å². The fourth-order valence-electron chi connectivity index (χ4n) is 4.65. The van der Waals surface area contributed by atoms with Gasteiger partial charge in [-0.25, -0.2) is 0 Å². The van der Waals surface area contributed by atoms with E-state index in [9.17, 15) is 0 Å². The Hall–Kier alpha value is -2.26. The van der Waals surface area contributed by atoms with E-state index in [0.29, 0.717) is 0 Å². The largest absolute Gasteiger partial charge is 0.496 e. The second kappa shape index (κ2) is 7.05. The van der Waals surface area contributed by atoms with Gasteiger partial charge in [-0.05, 0) is 75.5 Å². The quantitative estimate of drug-likeness (QED) is 0.770. The number of allylic oxidation sites excluding steroid dienone is 1. The van der Waals surface area contributed by atoms with Gasteiger partial charge in [-0.3, -0.25) is 4.90 Å². The average Bonchev–Trinajstić information content (AvgIpc) is 3.13. The molecule has 142 valence electrons. The Labute approximate surface area is 163 Å². The van der Waals surface area contributed by atoms with Crippen LogP contribution >= 0.6 is 0 Å². The molecule has 2 aromatic carbocycles. The van der Waals surface area contributed by atoms with Crippen molar-refractivity contribution in [1.29, 1.82) is 0 Å². The van der Waals surface area contributed by atoms with Crippen LogP contribution < -0.4 is 10.1 Å². The first-order valence-electron chi connectivity index (χ1n) is 9.98. The summed E-state index contributed by atoms with van der Waals surface area (Å²) in [5.74, 6) is 0.936. The molecular formula is C24H30N2O. The zero-order valence-corrected chi connectivity index (χ0v) is 16.9. The van der Waals surface area contributed by atoms with Gasteiger partial charge in [-0.1, -0.05) is 30.3 Å². The first-order chi connectivity index (χ1) is 13.0. The van der Waals surface area contributed by atoms with Crippen molar-refractivity contribution in [3.05, 3.63) is 53.6 Å². The van der Waals surface area contributed by atoms with E-state index in [2.05, 4.69) is 67.4 Å². The zero-order chi connectivity index (χ0) is 19.0. The van der Waals surface area contributed by atoms with E-state index < -0.39 is 0 Å². The Morgan fingerprint density at radius 2 is 1.78 bits per heavy atom. The molecule has 4 rings (SSSR count). The highest BCUT2D eigenvalue weighted by atomic mass is 16.5. The van der Waals surface area contributed by atoms with Crippen molar-refractivity contribution in [3.8, 4) is 16.9 Å². The number of methoxy groups -OCH3 is 1. The first kappa shape index (κ1) is 18.1. The predicted octanol–water partition coefficient (Wildman–Crippen LogP) is 5.57. The zero-order valence-electron chi connectivity index (χ0n) is 16.9. The Bertz CT molecular complexity index is 876. The van der Waals surface area contributed by atoms with Crippen LogP contribution in [0.3, 0.4) is 0 Å². The van der Waals surface area contributed by atoms with Crippen LogP contribution in [0.4, 0.5) is 5.69 Å². The molecule has 0 atom stereocenters. The van der Waals surface area contributed by atoms with Crippen LogP contribution in [0.15, 0.2) is 42.5 Å². The molecule has 0 unspecified atom stereocenters.